The number of para-hydroxylation sites is 1. The zero-order valence-corrected chi connectivity index (χ0v) is 19.5. The first-order chi connectivity index (χ1) is 17.4. The molecule has 182 valence electrons. The van der Waals surface area contributed by atoms with Gasteiger partial charge in [-0.3, -0.25) is 14.9 Å². The highest BCUT2D eigenvalue weighted by Crippen LogP contribution is 2.41. The van der Waals surface area contributed by atoms with Gasteiger partial charge in [-0.2, -0.15) is 0 Å². The standard InChI is InChI=1S/C27H21NO8/c1-15-11-18(8-9-21(15)28(31)32)34-14-17-12-16(7-10-22(17)33-2)20-13-24(29)36-26-19-5-3-4-6-23(19)35-27(30)25(20)26/h3-12,20H,13-14H2,1-2H3. The van der Waals surface area contributed by atoms with E-state index in [0.717, 1.165) is 0 Å². The van der Waals surface area contributed by atoms with E-state index in [1.54, 1.807) is 49.4 Å². The third-order valence-electron chi connectivity index (χ3n) is 6.20. The van der Waals surface area contributed by atoms with Gasteiger partial charge in [-0.1, -0.05) is 18.2 Å². The summed E-state index contributed by atoms with van der Waals surface area (Å²) in [5, 5.41) is 11.6. The number of esters is 1. The number of fused-ring (bicyclic) bond motifs is 3. The van der Waals surface area contributed by atoms with Gasteiger partial charge < -0.3 is 18.6 Å². The quantitative estimate of drug-likeness (QED) is 0.161. The fourth-order valence-electron chi connectivity index (χ4n) is 4.47. The number of hydrogen-bond donors (Lipinski definition) is 0. The molecule has 0 fully saturated rings. The van der Waals surface area contributed by atoms with Crippen LogP contribution in [0.2, 0.25) is 0 Å². The Morgan fingerprint density at radius 1 is 1.08 bits per heavy atom. The van der Waals surface area contributed by atoms with Gasteiger partial charge in [0, 0.05) is 23.1 Å². The van der Waals surface area contributed by atoms with Crippen LogP contribution in [0.3, 0.4) is 0 Å². The van der Waals surface area contributed by atoms with E-state index in [0.29, 0.717) is 39.2 Å². The molecule has 9 heteroatoms. The van der Waals surface area contributed by atoms with Crippen LogP contribution < -0.4 is 19.8 Å². The molecule has 9 nitrogen and oxygen atoms in total. The third-order valence-corrected chi connectivity index (χ3v) is 6.20. The van der Waals surface area contributed by atoms with Gasteiger partial charge in [-0.25, -0.2) is 4.79 Å². The van der Waals surface area contributed by atoms with Crippen LogP contribution in [0.1, 0.15) is 34.6 Å². The van der Waals surface area contributed by atoms with E-state index < -0.39 is 22.4 Å². The van der Waals surface area contributed by atoms with Crippen molar-refractivity contribution in [2.24, 2.45) is 0 Å². The number of benzene rings is 3. The molecule has 1 aromatic heterocycles. The molecule has 1 aliphatic rings. The number of methoxy groups -OCH3 is 1. The molecule has 1 unspecified atom stereocenters. The number of nitro benzene ring substituents is 1. The first kappa shape index (κ1) is 23.1. The van der Waals surface area contributed by atoms with Crippen molar-refractivity contribution < 1.29 is 28.3 Å². The van der Waals surface area contributed by atoms with Crippen molar-refractivity contribution in [3.8, 4) is 17.2 Å². The van der Waals surface area contributed by atoms with Crippen LogP contribution in [0.15, 0.2) is 69.9 Å². The lowest BCUT2D eigenvalue weighted by atomic mass is 9.86. The Hall–Kier alpha value is -4.66. The van der Waals surface area contributed by atoms with E-state index in [2.05, 4.69) is 0 Å². The summed E-state index contributed by atoms with van der Waals surface area (Å²) in [6.45, 7) is 1.74. The highest BCUT2D eigenvalue weighted by molar-refractivity contribution is 5.90. The number of nitro groups is 1. The minimum absolute atomic E-state index is 0.0103. The topological polar surface area (TPSA) is 118 Å². The molecular formula is C27H21NO8. The Labute approximate surface area is 205 Å². The number of carbonyl (C=O) groups excluding carboxylic acids is 1. The summed E-state index contributed by atoms with van der Waals surface area (Å²) >= 11 is 0. The van der Waals surface area contributed by atoms with E-state index in [4.69, 9.17) is 18.6 Å². The van der Waals surface area contributed by atoms with E-state index in [-0.39, 0.29) is 30.0 Å². The maximum atomic E-state index is 12.9. The second kappa shape index (κ2) is 9.18. The predicted octanol–water partition coefficient (Wildman–Crippen LogP) is 5.04. The average Bonchev–Trinajstić information content (AvgIpc) is 2.86. The number of rotatable bonds is 6. The van der Waals surface area contributed by atoms with Crippen LogP contribution in [-0.4, -0.2) is 18.0 Å². The lowest BCUT2D eigenvalue weighted by Crippen LogP contribution is -2.26. The molecule has 0 bridgehead atoms. The van der Waals surface area contributed by atoms with Crippen LogP contribution in [0, 0.1) is 17.0 Å². The number of ether oxygens (including phenoxy) is 3. The molecule has 36 heavy (non-hydrogen) atoms. The van der Waals surface area contributed by atoms with Gasteiger partial charge >= 0.3 is 11.6 Å². The third kappa shape index (κ3) is 4.15. The zero-order chi connectivity index (χ0) is 25.4. The van der Waals surface area contributed by atoms with E-state index >= 15 is 0 Å². The Balaban J connectivity index is 1.51. The summed E-state index contributed by atoms with van der Waals surface area (Å²) in [6.07, 6.45) is -0.0235. The summed E-state index contributed by atoms with van der Waals surface area (Å²) in [4.78, 5) is 36.1. The molecule has 5 rings (SSSR count). The summed E-state index contributed by atoms with van der Waals surface area (Å²) in [7, 11) is 1.53. The van der Waals surface area contributed by atoms with Gasteiger partial charge in [0.1, 0.15) is 23.7 Å². The van der Waals surface area contributed by atoms with E-state index in [1.165, 1.54) is 19.2 Å². The molecule has 0 N–H and O–H groups in total. The van der Waals surface area contributed by atoms with Crippen LogP contribution >= 0.6 is 0 Å². The summed E-state index contributed by atoms with van der Waals surface area (Å²) in [5.41, 5.74) is 1.95. The van der Waals surface area contributed by atoms with Crippen molar-refractivity contribution in [2.45, 2.75) is 25.9 Å². The Morgan fingerprint density at radius 2 is 1.89 bits per heavy atom. The summed E-state index contributed by atoms with van der Waals surface area (Å²) in [6, 6.07) is 16.8. The average molecular weight is 487 g/mol. The highest BCUT2D eigenvalue weighted by Gasteiger charge is 2.34. The van der Waals surface area contributed by atoms with Crippen molar-refractivity contribution in [3.63, 3.8) is 0 Å². The van der Waals surface area contributed by atoms with Gasteiger partial charge in [0.15, 0.2) is 5.75 Å². The van der Waals surface area contributed by atoms with Crippen LogP contribution in [-0.2, 0) is 11.4 Å². The smallest absolute Gasteiger partial charge is 0.343 e. The highest BCUT2D eigenvalue weighted by atomic mass is 16.6. The summed E-state index contributed by atoms with van der Waals surface area (Å²) < 4.78 is 22.4. The monoisotopic (exact) mass is 487 g/mol. The van der Waals surface area contributed by atoms with Gasteiger partial charge in [0.05, 0.1) is 29.4 Å². The number of aryl methyl sites for hydroxylation is 1. The second-order valence-corrected chi connectivity index (χ2v) is 8.42. The first-order valence-electron chi connectivity index (χ1n) is 11.2. The largest absolute Gasteiger partial charge is 0.496 e. The number of carbonyl (C=O) groups is 1. The lowest BCUT2D eigenvalue weighted by Gasteiger charge is -2.25. The number of nitrogens with zero attached hydrogens (tertiary/aromatic N) is 1. The Morgan fingerprint density at radius 3 is 2.64 bits per heavy atom. The molecule has 0 amide bonds. The van der Waals surface area contributed by atoms with E-state index in [1.807, 2.05) is 6.07 Å². The molecule has 0 saturated heterocycles. The maximum Gasteiger partial charge on any atom is 0.343 e. The lowest BCUT2D eigenvalue weighted by molar-refractivity contribution is -0.385. The molecule has 3 aromatic carbocycles. The van der Waals surface area contributed by atoms with Crippen molar-refractivity contribution in [1.29, 1.82) is 0 Å². The first-order valence-corrected chi connectivity index (χ1v) is 11.2. The molecule has 0 spiro atoms. The maximum absolute atomic E-state index is 12.9. The fourth-order valence-corrected chi connectivity index (χ4v) is 4.47. The fraction of sp³-hybridized carbons (Fsp3) is 0.185. The summed E-state index contributed by atoms with van der Waals surface area (Å²) in [5.74, 6) is 0.218. The van der Waals surface area contributed by atoms with Gasteiger partial charge in [0.2, 0.25) is 0 Å². The predicted molar refractivity (Wildman–Crippen MR) is 130 cm³/mol. The second-order valence-electron chi connectivity index (χ2n) is 8.42. The molecule has 0 radical (unpaired) electrons. The molecule has 4 aromatic rings. The van der Waals surface area contributed by atoms with Crippen LogP contribution in [0.4, 0.5) is 5.69 Å². The van der Waals surface area contributed by atoms with Crippen molar-refractivity contribution in [2.75, 3.05) is 7.11 Å². The molecule has 0 saturated carbocycles. The van der Waals surface area contributed by atoms with Gasteiger partial charge in [0.25, 0.3) is 5.69 Å². The minimum atomic E-state index is -0.576. The molecule has 1 aliphatic heterocycles. The minimum Gasteiger partial charge on any atom is -0.496 e. The SMILES string of the molecule is COc1ccc(C2CC(=O)Oc3c2c(=O)oc2ccccc32)cc1COc1ccc([N+](=O)[O-])c(C)c1. The number of hydrogen-bond acceptors (Lipinski definition) is 8. The molecule has 2 heterocycles. The van der Waals surface area contributed by atoms with Gasteiger partial charge in [-0.05, 0) is 48.9 Å². The normalized spacial score (nSPS) is 14.7. The Kier molecular flexibility index (Phi) is 5.89. The molecular weight excluding hydrogens is 466 g/mol. The molecule has 0 aliphatic carbocycles. The zero-order valence-electron chi connectivity index (χ0n) is 19.5. The van der Waals surface area contributed by atoms with Crippen LogP contribution in [0.25, 0.3) is 11.0 Å². The van der Waals surface area contributed by atoms with E-state index in [9.17, 15) is 19.7 Å². The Bertz CT molecular complexity index is 1570. The molecule has 1 atom stereocenters. The van der Waals surface area contributed by atoms with Crippen molar-refractivity contribution in [1.82, 2.24) is 0 Å². The van der Waals surface area contributed by atoms with Crippen molar-refractivity contribution in [3.05, 3.63) is 103 Å². The van der Waals surface area contributed by atoms with Gasteiger partial charge in [-0.15, -0.1) is 0 Å². The van der Waals surface area contributed by atoms with Crippen LogP contribution in [0.5, 0.6) is 17.2 Å². The van der Waals surface area contributed by atoms with Crippen molar-refractivity contribution >= 4 is 22.6 Å².